The van der Waals surface area contributed by atoms with Crippen molar-refractivity contribution in [3.05, 3.63) is 53.6 Å². The molecule has 0 saturated carbocycles. The Balaban J connectivity index is 1.48. The van der Waals surface area contributed by atoms with Gasteiger partial charge in [0.25, 0.3) is 0 Å². The number of hydrogen-bond donors (Lipinski definition) is 2. The van der Waals surface area contributed by atoms with Gasteiger partial charge in [0.1, 0.15) is 5.75 Å². The van der Waals surface area contributed by atoms with Crippen molar-refractivity contribution in [3.63, 3.8) is 0 Å². The topological polar surface area (TPSA) is 85.9 Å². The zero-order valence-electron chi connectivity index (χ0n) is 13.7. The van der Waals surface area contributed by atoms with Crippen LogP contribution in [0.4, 0.5) is 0 Å². The Morgan fingerprint density at radius 2 is 1.64 bits per heavy atom. The number of benzene rings is 2. The minimum absolute atomic E-state index is 0.192. The van der Waals surface area contributed by atoms with E-state index < -0.39 is 11.8 Å². The summed E-state index contributed by atoms with van der Waals surface area (Å²) in [7, 11) is 1.57. The number of fused-ring (bicyclic) bond motifs is 1. The molecule has 0 aliphatic carbocycles. The van der Waals surface area contributed by atoms with Gasteiger partial charge in [0, 0.05) is 13.1 Å². The third-order valence-corrected chi connectivity index (χ3v) is 3.68. The van der Waals surface area contributed by atoms with Gasteiger partial charge in [-0.3, -0.25) is 9.59 Å². The molecule has 0 bridgehead atoms. The van der Waals surface area contributed by atoms with E-state index in [0.717, 1.165) is 11.1 Å². The predicted molar refractivity (Wildman–Crippen MR) is 89.3 cm³/mol. The van der Waals surface area contributed by atoms with Crippen molar-refractivity contribution in [2.45, 2.75) is 13.1 Å². The Labute approximate surface area is 144 Å². The van der Waals surface area contributed by atoms with Crippen molar-refractivity contribution in [2.75, 3.05) is 13.9 Å². The van der Waals surface area contributed by atoms with Gasteiger partial charge in [-0.25, -0.2) is 0 Å². The molecule has 1 aliphatic heterocycles. The maximum atomic E-state index is 11.9. The second-order valence-corrected chi connectivity index (χ2v) is 5.40. The fraction of sp³-hybridized carbons (Fsp3) is 0.222. The van der Waals surface area contributed by atoms with Gasteiger partial charge in [-0.05, 0) is 35.4 Å². The molecule has 2 aromatic carbocycles. The van der Waals surface area contributed by atoms with Crippen LogP contribution in [0.5, 0.6) is 17.2 Å². The van der Waals surface area contributed by atoms with E-state index >= 15 is 0 Å². The van der Waals surface area contributed by atoms with E-state index in [2.05, 4.69) is 10.6 Å². The summed E-state index contributed by atoms with van der Waals surface area (Å²) in [4.78, 5) is 23.8. The van der Waals surface area contributed by atoms with Crippen LogP contribution in [0.25, 0.3) is 0 Å². The molecule has 0 aromatic heterocycles. The third kappa shape index (κ3) is 4.20. The molecule has 0 radical (unpaired) electrons. The van der Waals surface area contributed by atoms with Gasteiger partial charge in [-0.15, -0.1) is 0 Å². The molecular formula is C18H18N2O5. The van der Waals surface area contributed by atoms with Crippen molar-refractivity contribution in [1.82, 2.24) is 10.6 Å². The summed E-state index contributed by atoms with van der Waals surface area (Å²) in [5.74, 6) is 0.614. The lowest BCUT2D eigenvalue weighted by atomic mass is 10.2. The monoisotopic (exact) mass is 342 g/mol. The van der Waals surface area contributed by atoms with E-state index in [1.807, 2.05) is 24.3 Å². The van der Waals surface area contributed by atoms with Crippen molar-refractivity contribution in [3.8, 4) is 17.2 Å². The molecule has 7 heteroatoms. The van der Waals surface area contributed by atoms with Crippen LogP contribution in [0.1, 0.15) is 11.1 Å². The molecule has 2 amide bonds. The van der Waals surface area contributed by atoms with Crippen molar-refractivity contribution < 1.29 is 23.8 Å². The molecule has 130 valence electrons. The summed E-state index contributed by atoms with van der Waals surface area (Å²) in [6, 6.07) is 12.6. The molecule has 1 aliphatic rings. The smallest absolute Gasteiger partial charge is 0.309 e. The number of rotatable bonds is 5. The normalized spacial score (nSPS) is 11.7. The summed E-state index contributed by atoms with van der Waals surface area (Å²) >= 11 is 0. The Morgan fingerprint density at radius 1 is 0.960 bits per heavy atom. The SMILES string of the molecule is COc1cccc(CNC(=O)C(=O)NCc2ccc3c(c2)OCO3)c1. The number of carbonyl (C=O) groups is 2. The molecule has 0 fully saturated rings. The van der Waals surface area contributed by atoms with Gasteiger partial charge in [-0.1, -0.05) is 18.2 Å². The first-order valence-corrected chi connectivity index (χ1v) is 7.73. The highest BCUT2D eigenvalue weighted by molar-refractivity contribution is 6.35. The summed E-state index contributed by atoms with van der Waals surface area (Å²) in [6.07, 6.45) is 0. The highest BCUT2D eigenvalue weighted by atomic mass is 16.7. The number of hydrogen-bond acceptors (Lipinski definition) is 5. The summed E-state index contributed by atoms with van der Waals surface area (Å²) in [5, 5.41) is 5.15. The van der Waals surface area contributed by atoms with Crippen LogP contribution in [0.3, 0.4) is 0 Å². The van der Waals surface area contributed by atoms with Crippen LogP contribution in [-0.2, 0) is 22.7 Å². The van der Waals surface area contributed by atoms with Crippen LogP contribution < -0.4 is 24.8 Å². The number of methoxy groups -OCH3 is 1. The van der Waals surface area contributed by atoms with E-state index in [1.54, 1.807) is 25.3 Å². The van der Waals surface area contributed by atoms with Gasteiger partial charge in [-0.2, -0.15) is 0 Å². The van der Waals surface area contributed by atoms with Gasteiger partial charge in [0.05, 0.1) is 7.11 Å². The van der Waals surface area contributed by atoms with Crippen molar-refractivity contribution in [1.29, 1.82) is 0 Å². The molecule has 7 nitrogen and oxygen atoms in total. The molecule has 2 N–H and O–H groups in total. The van der Waals surface area contributed by atoms with Gasteiger partial charge in [0.2, 0.25) is 6.79 Å². The molecule has 3 rings (SSSR count). The molecule has 0 atom stereocenters. The largest absolute Gasteiger partial charge is 0.497 e. The number of amides is 2. The van der Waals surface area contributed by atoms with E-state index in [4.69, 9.17) is 14.2 Å². The lowest BCUT2D eigenvalue weighted by Crippen LogP contribution is -2.39. The Hall–Kier alpha value is -3.22. The van der Waals surface area contributed by atoms with Crippen LogP contribution in [0, 0.1) is 0 Å². The molecule has 25 heavy (non-hydrogen) atoms. The molecular weight excluding hydrogens is 324 g/mol. The van der Waals surface area contributed by atoms with Crippen molar-refractivity contribution in [2.24, 2.45) is 0 Å². The van der Waals surface area contributed by atoms with Crippen LogP contribution in [0.15, 0.2) is 42.5 Å². The number of carbonyl (C=O) groups excluding carboxylic acids is 2. The first-order chi connectivity index (χ1) is 12.2. The molecule has 0 saturated heterocycles. The van der Waals surface area contributed by atoms with E-state index in [-0.39, 0.29) is 19.9 Å². The maximum Gasteiger partial charge on any atom is 0.309 e. The van der Waals surface area contributed by atoms with Gasteiger partial charge in [0.15, 0.2) is 11.5 Å². The average molecular weight is 342 g/mol. The fourth-order valence-electron chi connectivity index (χ4n) is 2.36. The minimum Gasteiger partial charge on any atom is -0.497 e. The lowest BCUT2D eigenvalue weighted by Gasteiger charge is -2.08. The predicted octanol–water partition coefficient (Wildman–Crippen LogP) is 1.36. The van der Waals surface area contributed by atoms with Crippen LogP contribution in [-0.4, -0.2) is 25.7 Å². The molecule has 0 unspecified atom stereocenters. The Morgan fingerprint density at radius 3 is 2.36 bits per heavy atom. The highest BCUT2D eigenvalue weighted by Crippen LogP contribution is 2.32. The highest BCUT2D eigenvalue weighted by Gasteiger charge is 2.15. The Kier molecular flexibility index (Phi) is 5.03. The van der Waals surface area contributed by atoms with Crippen LogP contribution >= 0.6 is 0 Å². The second-order valence-electron chi connectivity index (χ2n) is 5.40. The maximum absolute atomic E-state index is 11.9. The summed E-state index contributed by atoms with van der Waals surface area (Å²) in [5.41, 5.74) is 1.66. The molecule has 2 aromatic rings. The number of nitrogens with one attached hydrogen (secondary N) is 2. The first kappa shape index (κ1) is 16.6. The standard InChI is InChI=1S/C18H18N2O5/c1-23-14-4-2-3-12(7-14)9-19-17(21)18(22)20-10-13-5-6-15-16(8-13)25-11-24-15/h2-8H,9-11H2,1H3,(H,19,21)(H,20,22). The second kappa shape index (κ2) is 7.57. The van der Waals surface area contributed by atoms with Crippen molar-refractivity contribution >= 4 is 11.8 Å². The zero-order chi connectivity index (χ0) is 17.6. The quantitative estimate of drug-likeness (QED) is 0.801. The summed E-state index contributed by atoms with van der Waals surface area (Å²) in [6.45, 7) is 0.660. The zero-order valence-corrected chi connectivity index (χ0v) is 13.7. The number of ether oxygens (including phenoxy) is 3. The van der Waals surface area contributed by atoms with Gasteiger partial charge < -0.3 is 24.8 Å². The molecule has 1 heterocycles. The van der Waals surface area contributed by atoms with E-state index in [0.29, 0.717) is 17.2 Å². The molecule has 0 spiro atoms. The van der Waals surface area contributed by atoms with Crippen LogP contribution in [0.2, 0.25) is 0 Å². The first-order valence-electron chi connectivity index (χ1n) is 7.73. The van der Waals surface area contributed by atoms with E-state index in [9.17, 15) is 9.59 Å². The Bertz CT molecular complexity index is 791. The minimum atomic E-state index is -0.694. The summed E-state index contributed by atoms with van der Waals surface area (Å²) < 4.78 is 15.6. The average Bonchev–Trinajstić information content (AvgIpc) is 3.12. The van der Waals surface area contributed by atoms with E-state index in [1.165, 1.54) is 0 Å². The van der Waals surface area contributed by atoms with Gasteiger partial charge >= 0.3 is 11.8 Å². The third-order valence-electron chi connectivity index (χ3n) is 3.68. The fourth-order valence-corrected chi connectivity index (χ4v) is 2.36. The lowest BCUT2D eigenvalue weighted by molar-refractivity contribution is -0.139.